The molecule has 2 N–H and O–H groups in total. The summed E-state index contributed by atoms with van der Waals surface area (Å²) in [6.45, 7) is 0.308. The maximum Gasteiger partial charge on any atom is 0.347 e. The second kappa shape index (κ2) is 6.99. The highest BCUT2D eigenvalue weighted by Gasteiger charge is 2.21. The number of anilines is 1. The van der Waals surface area contributed by atoms with E-state index in [2.05, 4.69) is 9.72 Å². The molecule has 1 aromatic carbocycles. The van der Waals surface area contributed by atoms with Crippen LogP contribution in [0.15, 0.2) is 23.3 Å². The molecule has 0 aliphatic heterocycles. The smallest absolute Gasteiger partial charge is 0.347 e. The Morgan fingerprint density at radius 2 is 1.91 bits per heavy atom. The van der Waals surface area contributed by atoms with E-state index >= 15 is 0 Å². The van der Waals surface area contributed by atoms with Crippen LogP contribution in [0.1, 0.15) is 15.9 Å². The van der Waals surface area contributed by atoms with Gasteiger partial charge in [-0.3, -0.25) is 9.36 Å². The van der Waals surface area contributed by atoms with Gasteiger partial charge in [-0.25, -0.2) is 9.78 Å². The molecule has 0 saturated carbocycles. The normalized spacial score (nSPS) is 10.6. The van der Waals surface area contributed by atoms with E-state index in [1.807, 2.05) is 0 Å². The SMILES string of the molecule is COCc1cc(Cl)c(-n2cnc(N)c(C(=O)OC)c2=O)c(Cl)c1. The zero-order valence-corrected chi connectivity index (χ0v) is 13.8. The molecule has 0 saturated heterocycles. The summed E-state index contributed by atoms with van der Waals surface area (Å²) in [7, 11) is 2.67. The van der Waals surface area contributed by atoms with Crippen molar-refractivity contribution in [2.75, 3.05) is 20.0 Å². The molecule has 0 aliphatic carbocycles. The number of aromatic nitrogens is 2. The first-order chi connectivity index (χ1) is 10.9. The number of hydrogen-bond acceptors (Lipinski definition) is 6. The molecule has 0 bridgehead atoms. The Bertz CT molecular complexity index is 797. The average molecular weight is 358 g/mol. The fourth-order valence-electron chi connectivity index (χ4n) is 2.02. The van der Waals surface area contributed by atoms with Gasteiger partial charge in [0.1, 0.15) is 12.1 Å². The number of methoxy groups -OCH3 is 2. The van der Waals surface area contributed by atoms with Crippen LogP contribution in [0.2, 0.25) is 10.0 Å². The van der Waals surface area contributed by atoms with Crippen LogP contribution in [-0.2, 0) is 16.1 Å². The third-order valence-corrected chi connectivity index (χ3v) is 3.60. The quantitative estimate of drug-likeness (QED) is 0.841. The fraction of sp³-hybridized carbons (Fsp3) is 0.214. The number of rotatable bonds is 4. The molecule has 0 aliphatic rings. The van der Waals surface area contributed by atoms with Crippen LogP contribution in [0.5, 0.6) is 0 Å². The molecule has 1 aromatic heterocycles. The van der Waals surface area contributed by atoms with E-state index < -0.39 is 11.5 Å². The Kier molecular flexibility index (Phi) is 5.25. The summed E-state index contributed by atoms with van der Waals surface area (Å²) in [6.07, 6.45) is 1.15. The second-order valence-electron chi connectivity index (χ2n) is 4.51. The summed E-state index contributed by atoms with van der Waals surface area (Å²) < 4.78 is 10.6. The summed E-state index contributed by atoms with van der Waals surface area (Å²) in [5, 5.41) is 0.406. The molecule has 122 valence electrons. The van der Waals surface area contributed by atoms with Gasteiger partial charge in [0.15, 0.2) is 5.56 Å². The van der Waals surface area contributed by atoms with Gasteiger partial charge in [-0.15, -0.1) is 0 Å². The van der Waals surface area contributed by atoms with Gasteiger partial charge in [-0.1, -0.05) is 23.2 Å². The first kappa shape index (κ1) is 17.3. The van der Waals surface area contributed by atoms with E-state index in [-0.39, 0.29) is 27.1 Å². The summed E-state index contributed by atoms with van der Waals surface area (Å²) in [4.78, 5) is 28.0. The van der Waals surface area contributed by atoms with Crippen molar-refractivity contribution in [3.63, 3.8) is 0 Å². The third kappa shape index (κ3) is 3.31. The topological polar surface area (TPSA) is 96.4 Å². The minimum absolute atomic E-state index is 0.191. The lowest BCUT2D eigenvalue weighted by atomic mass is 10.2. The molecule has 7 nitrogen and oxygen atoms in total. The van der Waals surface area contributed by atoms with Crippen molar-refractivity contribution in [3.8, 4) is 5.69 Å². The summed E-state index contributed by atoms with van der Waals surface area (Å²) in [6, 6.07) is 3.21. The zero-order valence-electron chi connectivity index (χ0n) is 12.3. The Hall–Kier alpha value is -2.09. The molecule has 2 aromatic rings. The van der Waals surface area contributed by atoms with Crippen LogP contribution >= 0.6 is 23.2 Å². The Morgan fingerprint density at radius 3 is 2.43 bits per heavy atom. The number of benzene rings is 1. The number of carbonyl (C=O) groups excluding carboxylic acids is 1. The first-order valence-corrected chi connectivity index (χ1v) is 7.09. The van der Waals surface area contributed by atoms with E-state index in [1.165, 1.54) is 7.11 Å². The monoisotopic (exact) mass is 357 g/mol. The minimum Gasteiger partial charge on any atom is -0.465 e. The predicted molar refractivity (Wildman–Crippen MR) is 86.3 cm³/mol. The summed E-state index contributed by atoms with van der Waals surface area (Å²) >= 11 is 12.4. The number of ether oxygens (including phenoxy) is 2. The van der Waals surface area contributed by atoms with Crippen LogP contribution < -0.4 is 11.3 Å². The molecular formula is C14H13Cl2N3O4. The second-order valence-corrected chi connectivity index (χ2v) is 5.33. The van der Waals surface area contributed by atoms with Crippen molar-refractivity contribution in [3.05, 3.63) is 50.0 Å². The van der Waals surface area contributed by atoms with Crippen molar-refractivity contribution in [2.24, 2.45) is 0 Å². The Balaban J connectivity index is 2.69. The number of nitrogens with two attached hydrogens (primary N) is 1. The Morgan fingerprint density at radius 1 is 1.30 bits per heavy atom. The number of carbonyl (C=O) groups is 1. The molecule has 1 heterocycles. The van der Waals surface area contributed by atoms with E-state index in [0.717, 1.165) is 23.6 Å². The number of nitrogens with zero attached hydrogens (tertiary/aromatic N) is 2. The van der Waals surface area contributed by atoms with Crippen LogP contribution in [0.4, 0.5) is 5.82 Å². The minimum atomic E-state index is -0.891. The van der Waals surface area contributed by atoms with Crippen LogP contribution in [0, 0.1) is 0 Å². The highest BCUT2D eigenvalue weighted by atomic mass is 35.5. The molecule has 0 fully saturated rings. The third-order valence-electron chi connectivity index (χ3n) is 3.02. The lowest BCUT2D eigenvalue weighted by Crippen LogP contribution is -2.28. The number of nitrogen functional groups attached to an aromatic ring is 1. The highest BCUT2D eigenvalue weighted by Crippen LogP contribution is 2.29. The summed E-state index contributed by atoms with van der Waals surface area (Å²) in [5.41, 5.74) is 5.38. The molecule has 0 atom stereocenters. The van der Waals surface area contributed by atoms with E-state index in [0.29, 0.717) is 6.61 Å². The molecule has 0 unspecified atom stereocenters. The molecule has 0 radical (unpaired) electrons. The highest BCUT2D eigenvalue weighted by molar-refractivity contribution is 6.37. The Labute approximate surface area is 141 Å². The largest absolute Gasteiger partial charge is 0.465 e. The van der Waals surface area contributed by atoms with Crippen molar-refractivity contribution >= 4 is 35.0 Å². The lowest BCUT2D eigenvalue weighted by molar-refractivity contribution is 0.0599. The van der Waals surface area contributed by atoms with E-state index in [9.17, 15) is 9.59 Å². The number of hydrogen-bond donors (Lipinski definition) is 1. The van der Waals surface area contributed by atoms with Crippen molar-refractivity contribution in [2.45, 2.75) is 6.61 Å². The molecule has 9 heteroatoms. The molecule has 0 amide bonds. The van der Waals surface area contributed by atoms with Crippen LogP contribution in [-0.4, -0.2) is 29.7 Å². The van der Waals surface area contributed by atoms with Gasteiger partial charge in [0.25, 0.3) is 5.56 Å². The molecule has 2 rings (SSSR count). The lowest BCUT2D eigenvalue weighted by Gasteiger charge is -2.13. The van der Waals surface area contributed by atoms with Crippen molar-refractivity contribution in [1.29, 1.82) is 0 Å². The van der Waals surface area contributed by atoms with Gasteiger partial charge in [-0.2, -0.15) is 0 Å². The predicted octanol–water partition coefficient (Wildman–Crippen LogP) is 2.05. The number of esters is 1. The van der Waals surface area contributed by atoms with Gasteiger partial charge in [0.05, 0.1) is 29.4 Å². The molecular weight excluding hydrogens is 345 g/mol. The van der Waals surface area contributed by atoms with Crippen LogP contribution in [0.3, 0.4) is 0 Å². The van der Waals surface area contributed by atoms with Gasteiger partial charge in [-0.05, 0) is 17.7 Å². The maximum atomic E-state index is 12.5. The van der Waals surface area contributed by atoms with Gasteiger partial charge >= 0.3 is 5.97 Å². The summed E-state index contributed by atoms with van der Waals surface area (Å²) in [5.74, 6) is -1.13. The standard InChI is InChI=1S/C14H13Cl2N3O4/c1-22-5-7-3-8(15)11(9(16)4-7)19-6-18-12(17)10(13(19)20)14(21)23-2/h3-4,6H,5,17H2,1-2H3. The van der Waals surface area contributed by atoms with Gasteiger partial charge in [0.2, 0.25) is 0 Å². The van der Waals surface area contributed by atoms with Crippen molar-refractivity contribution in [1.82, 2.24) is 9.55 Å². The van der Waals surface area contributed by atoms with Crippen molar-refractivity contribution < 1.29 is 14.3 Å². The van der Waals surface area contributed by atoms with E-state index in [1.54, 1.807) is 12.1 Å². The van der Waals surface area contributed by atoms with Gasteiger partial charge < -0.3 is 15.2 Å². The molecule has 23 heavy (non-hydrogen) atoms. The zero-order chi connectivity index (χ0) is 17.1. The maximum absolute atomic E-state index is 12.5. The average Bonchev–Trinajstić information content (AvgIpc) is 2.49. The van der Waals surface area contributed by atoms with E-state index in [4.69, 9.17) is 33.7 Å². The van der Waals surface area contributed by atoms with Gasteiger partial charge in [0, 0.05) is 7.11 Å². The fourth-order valence-corrected chi connectivity index (χ4v) is 2.73. The van der Waals surface area contributed by atoms with Crippen LogP contribution in [0.25, 0.3) is 5.69 Å². The molecule has 0 spiro atoms. The first-order valence-electron chi connectivity index (χ1n) is 6.33. The number of halogens is 2.